The summed E-state index contributed by atoms with van der Waals surface area (Å²) in [5.74, 6) is 2.19. The lowest BCUT2D eigenvalue weighted by molar-refractivity contribution is -0.123. The maximum Gasteiger partial charge on any atom is 0.229 e. The van der Waals surface area contributed by atoms with E-state index in [1.165, 1.54) is 0 Å². The first-order valence-electron chi connectivity index (χ1n) is 9.17. The van der Waals surface area contributed by atoms with Gasteiger partial charge in [-0.25, -0.2) is 0 Å². The van der Waals surface area contributed by atoms with E-state index in [1.807, 2.05) is 56.8 Å². The third-order valence-corrected chi connectivity index (χ3v) is 5.04. The summed E-state index contributed by atoms with van der Waals surface area (Å²) >= 11 is 1.93. The van der Waals surface area contributed by atoms with Crippen LogP contribution in [0.5, 0.6) is 0 Å². The quantitative estimate of drug-likeness (QED) is 0.741. The van der Waals surface area contributed by atoms with Crippen molar-refractivity contribution in [2.45, 2.75) is 59.1 Å². The van der Waals surface area contributed by atoms with Crippen molar-refractivity contribution in [2.75, 3.05) is 11.1 Å². The Morgan fingerprint density at radius 2 is 1.56 bits per heavy atom. The zero-order valence-corrected chi connectivity index (χ0v) is 17.9. The molecule has 0 saturated carbocycles. The fourth-order valence-electron chi connectivity index (χ4n) is 2.10. The first-order valence-corrected chi connectivity index (χ1v) is 10.2. The van der Waals surface area contributed by atoms with Gasteiger partial charge in [0.2, 0.25) is 11.7 Å². The molecule has 0 atom stereocenters. The molecule has 0 aliphatic heterocycles. The van der Waals surface area contributed by atoms with Crippen LogP contribution in [0.1, 0.15) is 53.8 Å². The number of carbonyl (C=O) groups is 1. The summed E-state index contributed by atoms with van der Waals surface area (Å²) in [5.41, 5.74) is 1.13. The zero-order chi connectivity index (χ0) is 20.1. The number of hydrogen-bond acceptors (Lipinski definition) is 6. The molecular formula is C20H29N5OS. The normalized spacial score (nSPS) is 12.1. The van der Waals surface area contributed by atoms with Gasteiger partial charge in [0.1, 0.15) is 0 Å². The van der Waals surface area contributed by atoms with Crippen molar-refractivity contribution < 1.29 is 4.79 Å². The number of aromatic nitrogens is 4. The van der Waals surface area contributed by atoms with Gasteiger partial charge in [-0.1, -0.05) is 41.5 Å². The van der Waals surface area contributed by atoms with Crippen molar-refractivity contribution in [3.63, 3.8) is 0 Å². The molecule has 0 aliphatic carbocycles. The molecule has 1 aromatic carbocycles. The molecule has 0 spiro atoms. The summed E-state index contributed by atoms with van der Waals surface area (Å²) in [7, 11) is 0. The van der Waals surface area contributed by atoms with E-state index in [2.05, 4.69) is 46.5 Å². The second-order valence-corrected chi connectivity index (χ2v) is 10.4. The van der Waals surface area contributed by atoms with Gasteiger partial charge in [0.15, 0.2) is 5.82 Å². The molecule has 1 aromatic heterocycles. The molecule has 1 heterocycles. The maximum atomic E-state index is 12.0. The Balaban J connectivity index is 1.92. The lowest BCUT2D eigenvalue weighted by atomic mass is 9.95. The van der Waals surface area contributed by atoms with Crippen molar-refractivity contribution in [3.8, 4) is 11.4 Å². The highest BCUT2D eigenvalue weighted by atomic mass is 32.2. The van der Waals surface area contributed by atoms with E-state index >= 15 is 0 Å². The number of benzene rings is 1. The highest BCUT2D eigenvalue weighted by Crippen LogP contribution is 2.24. The van der Waals surface area contributed by atoms with Gasteiger partial charge in [0.25, 0.3) is 0 Å². The average molecular weight is 388 g/mol. The molecule has 1 amide bonds. The van der Waals surface area contributed by atoms with Crippen LogP contribution >= 0.6 is 11.8 Å². The predicted molar refractivity (Wildman–Crippen MR) is 112 cm³/mol. The fourth-order valence-corrected chi connectivity index (χ4v) is 3.00. The molecule has 146 valence electrons. The largest absolute Gasteiger partial charge is 0.326 e. The zero-order valence-electron chi connectivity index (χ0n) is 17.0. The lowest BCUT2D eigenvalue weighted by Crippen LogP contribution is -2.27. The SMILES string of the molecule is CC(C)(C)SCCCc1nnc(-c2ccc(NC(=O)C(C)(C)C)cc2)nn1. The van der Waals surface area contributed by atoms with E-state index in [1.54, 1.807) is 0 Å². The molecule has 7 heteroatoms. The van der Waals surface area contributed by atoms with Gasteiger partial charge in [-0.05, 0) is 36.4 Å². The Labute approximate surface area is 166 Å². The van der Waals surface area contributed by atoms with Crippen LogP contribution in [0.3, 0.4) is 0 Å². The average Bonchev–Trinajstić information content (AvgIpc) is 2.58. The van der Waals surface area contributed by atoms with E-state index in [9.17, 15) is 4.79 Å². The van der Waals surface area contributed by atoms with Gasteiger partial charge < -0.3 is 5.32 Å². The number of carbonyl (C=O) groups excluding carboxylic acids is 1. The number of anilines is 1. The van der Waals surface area contributed by atoms with E-state index in [0.717, 1.165) is 29.8 Å². The number of amides is 1. The minimum atomic E-state index is -0.434. The highest BCUT2D eigenvalue weighted by Gasteiger charge is 2.21. The molecule has 6 nitrogen and oxygen atoms in total. The second-order valence-electron chi connectivity index (χ2n) is 8.49. The molecule has 0 unspecified atom stereocenters. The highest BCUT2D eigenvalue weighted by molar-refractivity contribution is 8.00. The number of nitrogens with one attached hydrogen (secondary N) is 1. The summed E-state index contributed by atoms with van der Waals surface area (Å²) in [6, 6.07) is 7.38. The smallest absolute Gasteiger partial charge is 0.229 e. The van der Waals surface area contributed by atoms with Gasteiger partial charge in [0, 0.05) is 27.8 Å². The van der Waals surface area contributed by atoms with Crippen molar-refractivity contribution in [1.82, 2.24) is 20.4 Å². The molecular weight excluding hydrogens is 358 g/mol. The number of rotatable bonds is 6. The molecule has 2 aromatic rings. The van der Waals surface area contributed by atoms with Crippen molar-refractivity contribution in [3.05, 3.63) is 30.1 Å². The van der Waals surface area contributed by atoms with Crippen LogP contribution in [-0.4, -0.2) is 36.8 Å². The van der Waals surface area contributed by atoms with Gasteiger partial charge >= 0.3 is 0 Å². The maximum absolute atomic E-state index is 12.0. The van der Waals surface area contributed by atoms with Crippen LogP contribution < -0.4 is 5.32 Å². The first-order chi connectivity index (χ1) is 12.5. The van der Waals surface area contributed by atoms with Crippen LogP contribution in [0.15, 0.2) is 24.3 Å². The van der Waals surface area contributed by atoms with Gasteiger partial charge in [-0.2, -0.15) is 11.8 Å². The number of thioether (sulfide) groups is 1. The number of aryl methyl sites for hydroxylation is 1. The third kappa shape index (κ3) is 7.25. The van der Waals surface area contributed by atoms with E-state index < -0.39 is 5.41 Å². The van der Waals surface area contributed by atoms with Crippen LogP contribution in [0.4, 0.5) is 5.69 Å². The van der Waals surface area contributed by atoms with E-state index in [4.69, 9.17) is 0 Å². The van der Waals surface area contributed by atoms with Gasteiger partial charge in [-0.15, -0.1) is 20.4 Å². The number of hydrogen-bond donors (Lipinski definition) is 1. The molecule has 1 N–H and O–H groups in total. The van der Waals surface area contributed by atoms with Crippen molar-refractivity contribution >= 4 is 23.4 Å². The van der Waals surface area contributed by atoms with Crippen LogP contribution in [0.25, 0.3) is 11.4 Å². The van der Waals surface area contributed by atoms with Gasteiger partial charge in [0.05, 0.1) is 0 Å². The molecule has 0 bridgehead atoms. The fraction of sp³-hybridized carbons (Fsp3) is 0.550. The minimum Gasteiger partial charge on any atom is -0.326 e. The molecule has 0 fully saturated rings. The van der Waals surface area contributed by atoms with Crippen LogP contribution in [0.2, 0.25) is 0 Å². The first kappa shape index (κ1) is 21.3. The summed E-state index contributed by atoms with van der Waals surface area (Å²) in [5, 5.41) is 19.7. The monoisotopic (exact) mass is 387 g/mol. The molecule has 0 radical (unpaired) electrons. The van der Waals surface area contributed by atoms with Gasteiger partial charge in [-0.3, -0.25) is 4.79 Å². The standard InChI is InChI=1S/C20H29N5OS/c1-19(2,3)18(26)21-15-11-9-14(10-12-15)17-24-22-16(23-25-17)8-7-13-27-20(4,5)6/h9-12H,7-8,13H2,1-6H3,(H,21,26). The Hall–Kier alpha value is -2.02. The minimum absolute atomic E-state index is 0.0242. The van der Waals surface area contributed by atoms with Crippen molar-refractivity contribution in [2.24, 2.45) is 5.41 Å². The summed E-state index contributed by atoms with van der Waals surface area (Å²) in [4.78, 5) is 12.0. The summed E-state index contributed by atoms with van der Waals surface area (Å²) < 4.78 is 0.278. The number of nitrogens with zero attached hydrogens (tertiary/aromatic N) is 4. The molecule has 27 heavy (non-hydrogen) atoms. The predicted octanol–water partition coefficient (Wildman–Crippen LogP) is 4.38. The van der Waals surface area contributed by atoms with E-state index in [0.29, 0.717) is 11.6 Å². The molecule has 0 saturated heterocycles. The lowest BCUT2D eigenvalue weighted by Gasteiger charge is -2.17. The Kier molecular flexibility index (Phi) is 6.92. The summed E-state index contributed by atoms with van der Waals surface area (Å²) in [6.45, 7) is 12.3. The Morgan fingerprint density at radius 1 is 0.963 bits per heavy atom. The summed E-state index contributed by atoms with van der Waals surface area (Å²) in [6.07, 6.45) is 1.79. The third-order valence-electron chi connectivity index (χ3n) is 3.68. The Morgan fingerprint density at radius 3 is 2.07 bits per heavy atom. The molecule has 0 aliphatic rings. The topological polar surface area (TPSA) is 80.7 Å². The second kappa shape index (κ2) is 8.78. The van der Waals surface area contributed by atoms with Crippen LogP contribution in [-0.2, 0) is 11.2 Å². The van der Waals surface area contributed by atoms with Crippen LogP contribution in [0, 0.1) is 5.41 Å². The van der Waals surface area contributed by atoms with E-state index in [-0.39, 0.29) is 10.7 Å². The van der Waals surface area contributed by atoms with Crippen molar-refractivity contribution in [1.29, 1.82) is 0 Å². The Bertz CT molecular complexity index is 746. The molecule has 2 rings (SSSR count).